The summed E-state index contributed by atoms with van der Waals surface area (Å²) in [5.74, 6) is -1.38. The minimum atomic E-state index is -0.694. The van der Waals surface area contributed by atoms with Crippen molar-refractivity contribution in [2.75, 3.05) is 25.2 Å². The molecule has 0 heterocycles. The number of methoxy groups -OCH3 is 1. The van der Waals surface area contributed by atoms with Crippen molar-refractivity contribution < 1.29 is 14.3 Å². The smallest absolute Gasteiger partial charge is 0.313 e. The van der Waals surface area contributed by atoms with Gasteiger partial charge >= 0.3 is 11.8 Å². The van der Waals surface area contributed by atoms with Gasteiger partial charge in [-0.2, -0.15) is 0 Å². The number of para-hydroxylation sites is 1. The van der Waals surface area contributed by atoms with Gasteiger partial charge in [0.2, 0.25) is 0 Å². The molecule has 0 aliphatic rings. The topological polar surface area (TPSA) is 67.4 Å². The Kier molecular flexibility index (Phi) is 7.24. The fraction of sp³-hybridized carbons (Fsp3) is 0.300. The lowest BCUT2D eigenvalue weighted by Gasteiger charge is -2.32. The minimum Gasteiger partial charge on any atom is -0.372 e. The lowest BCUT2D eigenvalue weighted by atomic mass is 9.90. The van der Waals surface area contributed by atoms with Gasteiger partial charge in [0.25, 0.3) is 0 Å². The molecule has 1 atom stereocenters. The van der Waals surface area contributed by atoms with Crippen molar-refractivity contribution in [3.8, 4) is 0 Å². The second-order valence-corrected chi connectivity index (χ2v) is 6.60. The maximum atomic E-state index is 12.3. The molecule has 0 aliphatic carbocycles. The fourth-order valence-corrected chi connectivity index (χ4v) is 3.29. The summed E-state index contributed by atoms with van der Waals surface area (Å²) < 4.78 is 5.71. The van der Waals surface area contributed by atoms with Crippen molar-refractivity contribution in [3.05, 3.63) is 60.2 Å². The molecule has 0 spiro atoms. The second kappa shape index (κ2) is 9.40. The maximum Gasteiger partial charge on any atom is 0.313 e. The summed E-state index contributed by atoms with van der Waals surface area (Å²) in [5.41, 5.74) is 0.907. The molecule has 0 saturated carbocycles. The Hall–Kier alpha value is -2.31. The van der Waals surface area contributed by atoms with E-state index in [1.54, 1.807) is 13.2 Å². The van der Waals surface area contributed by atoms with Crippen LogP contribution in [-0.2, 0) is 19.9 Å². The summed E-state index contributed by atoms with van der Waals surface area (Å²) >= 11 is 1.50. The number of amides is 2. The number of anilines is 1. The molecule has 0 aromatic heterocycles. The van der Waals surface area contributed by atoms with Gasteiger partial charge in [0, 0.05) is 12.0 Å². The first-order valence-corrected chi connectivity index (χ1v) is 9.61. The van der Waals surface area contributed by atoms with Gasteiger partial charge in [0.15, 0.2) is 0 Å². The summed E-state index contributed by atoms with van der Waals surface area (Å²) in [6.45, 7) is 2.19. The molecule has 0 aliphatic heterocycles. The third kappa shape index (κ3) is 4.65. The van der Waals surface area contributed by atoms with Gasteiger partial charge in [-0.25, -0.2) is 0 Å². The van der Waals surface area contributed by atoms with Crippen LogP contribution in [0.1, 0.15) is 18.9 Å². The van der Waals surface area contributed by atoms with Gasteiger partial charge in [0.1, 0.15) is 5.60 Å². The summed E-state index contributed by atoms with van der Waals surface area (Å²) in [7, 11) is 1.61. The van der Waals surface area contributed by atoms with Gasteiger partial charge in [-0.15, -0.1) is 11.8 Å². The van der Waals surface area contributed by atoms with E-state index >= 15 is 0 Å². The normalized spacial score (nSPS) is 12.9. The molecule has 0 fully saturated rings. The minimum absolute atomic E-state index is 0.209. The van der Waals surface area contributed by atoms with Crippen LogP contribution in [-0.4, -0.2) is 31.7 Å². The molecule has 2 aromatic carbocycles. The zero-order valence-corrected chi connectivity index (χ0v) is 16.1. The third-order valence-corrected chi connectivity index (χ3v) is 5.15. The molecule has 26 heavy (non-hydrogen) atoms. The quantitative estimate of drug-likeness (QED) is 0.577. The summed E-state index contributed by atoms with van der Waals surface area (Å²) in [6, 6.07) is 17.0. The highest BCUT2D eigenvalue weighted by Gasteiger charge is 2.31. The van der Waals surface area contributed by atoms with Crippen LogP contribution in [0, 0.1) is 0 Å². The van der Waals surface area contributed by atoms with Crippen molar-refractivity contribution in [2.45, 2.75) is 23.8 Å². The van der Waals surface area contributed by atoms with Crippen molar-refractivity contribution in [3.63, 3.8) is 0 Å². The first kappa shape index (κ1) is 20.0. The van der Waals surface area contributed by atoms with Crippen molar-refractivity contribution in [1.82, 2.24) is 5.32 Å². The van der Waals surface area contributed by atoms with E-state index < -0.39 is 17.4 Å². The predicted molar refractivity (Wildman–Crippen MR) is 105 cm³/mol. The number of carbonyl (C=O) groups excluding carboxylic acids is 2. The number of hydrogen-bond acceptors (Lipinski definition) is 4. The number of hydrogen-bond donors (Lipinski definition) is 2. The van der Waals surface area contributed by atoms with Crippen LogP contribution in [0.4, 0.5) is 5.69 Å². The second-order valence-electron chi connectivity index (χ2n) is 5.76. The maximum absolute atomic E-state index is 12.3. The van der Waals surface area contributed by atoms with Crippen molar-refractivity contribution in [2.24, 2.45) is 0 Å². The lowest BCUT2D eigenvalue weighted by Crippen LogP contribution is -2.45. The predicted octanol–water partition coefficient (Wildman–Crippen LogP) is 3.42. The monoisotopic (exact) mass is 372 g/mol. The van der Waals surface area contributed by atoms with E-state index in [1.165, 1.54) is 11.8 Å². The van der Waals surface area contributed by atoms with Crippen molar-refractivity contribution in [1.29, 1.82) is 0 Å². The fourth-order valence-electron chi connectivity index (χ4n) is 2.74. The number of nitrogens with one attached hydrogen (secondary N) is 2. The molecule has 0 radical (unpaired) electrons. The highest BCUT2D eigenvalue weighted by Crippen LogP contribution is 2.28. The highest BCUT2D eigenvalue weighted by molar-refractivity contribution is 7.98. The number of rotatable bonds is 7. The van der Waals surface area contributed by atoms with Crippen LogP contribution >= 0.6 is 11.8 Å². The van der Waals surface area contributed by atoms with Crippen LogP contribution < -0.4 is 10.6 Å². The number of benzene rings is 2. The number of thioether (sulfide) groups is 1. The van der Waals surface area contributed by atoms with E-state index in [4.69, 9.17) is 4.74 Å². The highest BCUT2D eigenvalue weighted by atomic mass is 32.2. The Bertz CT molecular complexity index is 746. The molecular formula is C20H24N2O3S. The molecule has 138 valence electrons. The van der Waals surface area contributed by atoms with Crippen LogP contribution in [0.5, 0.6) is 0 Å². The largest absolute Gasteiger partial charge is 0.372 e. The number of ether oxygens (including phenoxy) is 1. The van der Waals surface area contributed by atoms with E-state index in [9.17, 15) is 9.59 Å². The van der Waals surface area contributed by atoms with Gasteiger partial charge in [0.05, 0.1) is 12.2 Å². The first-order valence-electron chi connectivity index (χ1n) is 8.39. The molecule has 6 heteroatoms. The molecule has 2 aromatic rings. The lowest BCUT2D eigenvalue weighted by molar-refractivity contribution is -0.137. The van der Waals surface area contributed by atoms with Crippen LogP contribution in [0.15, 0.2) is 59.5 Å². The Balaban J connectivity index is 2.05. The molecule has 0 bridgehead atoms. The van der Waals surface area contributed by atoms with Crippen molar-refractivity contribution >= 4 is 29.3 Å². The SMILES string of the molecule is CC[C@](CNC(=O)C(=O)Nc1ccccc1SC)(OC)c1ccccc1. The summed E-state index contributed by atoms with van der Waals surface area (Å²) in [4.78, 5) is 25.4. The Labute approximate surface area is 158 Å². The molecular weight excluding hydrogens is 348 g/mol. The van der Waals surface area contributed by atoms with Gasteiger partial charge in [-0.05, 0) is 30.4 Å². The van der Waals surface area contributed by atoms with Crippen LogP contribution in [0.25, 0.3) is 0 Å². The van der Waals surface area contributed by atoms with E-state index in [0.29, 0.717) is 12.1 Å². The molecule has 2 amide bonds. The Morgan fingerprint density at radius 2 is 1.69 bits per heavy atom. The number of carbonyl (C=O) groups is 2. The molecule has 2 N–H and O–H groups in total. The summed E-state index contributed by atoms with van der Waals surface area (Å²) in [5, 5.41) is 5.36. The summed E-state index contributed by atoms with van der Waals surface area (Å²) in [6.07, 6.45) is 2.57. The van der Waals surface area contributed by atoms with Crippen LogP contribution in [0.2, 0.25) is 0 Å². The molecule has 0 unspecified atom stereocenters. The van der Waals surface area contributed by atoms with Gasteiger partial charge < -0.3 is 15.4 Å². The van der Waals surface area contributed by atoms with E-state index in [1.807, 2.05) is 61.7 Å². The average molecular weight is 372 g/mol. The molecule has 2 rings (SSSR count). The Morgan fingerprint density at radius 1 is 1.04 bits per heavy atom. The molecule has 5 nitrogen and oxygen atoms in total. The zero-order valence-electron chi connectivity index (χ0n) is 15.2. The molecule has 0 saturated heterocycles. The third-order valence-electron chi connectivity index (χ3n) is 4.36. The van der Waals surface area contributed by atoms with Gasteiger partial charge in [-0.1, -0.05) is 49.4 Å². The van der Waals surface area contributed by atoms with E-state index in [2.05, 4.69) is 10.6 Å². The van der Waals surface area contributed by atoms with E-state index in [0.717, 1.165) is 10.5 Å². The van der Waals surface area contributed by atoms with E-state index in [-0.39, 0.29) is 6.54 Å². The first-order chi connectivity index (χ1) is 12.6. The Morgan fingerprint density at radius 3 is 2.31 bits per heavy atom. The van der Waals surface area contributed by atoms with Crippen LogP contribution in [0.3, 0.4) is 0 Å². The average Bonchev–Trinajstić information content (AvgIpc) is 2.70. The zero-order chi connectivity index (χ0) is 19.0. The van der Waals surface area contributed by atoms with Gasteiger partial charge in [-0.3, -0.25) is 9.59 Å². The standard InChI is InChI=1S/C20H24N2O3S/c1-4-20(25-2,15-10-6-5-7-11-15)14-21-18(23)19(24)22-16-12-8-9-13-17(16)26-3/h5-13H,4,14H2,1-3H3,(H,21,23)(H,22,24)/t20-/m1/s1.